The lowest BCUT2D eigenvalue weighted by Gasteiger charge is -2.23. The van der Waals surface area contributed by atoms with Crippen molar-refractivity contribution in [3.05, 3.63) is 24.2 Å². The monoisotopic (exact) mass is 271 g/mol. The molecule has 1 aromatic rings. The third kappa shape index (κ3) is 4.63. The number of carboxylic acid groups (broad SMARTS) is 1. The van der Waals surface area contributed by atoms with Crippen molar-refractivity contribution in [2.24, 2.45) is 0 Å². The summed E-state index contributed by atoms with van der Waals surface area (Å²) >= 11 is 0. The lowest BCUT2D eigenvalue weighted by molar-refractivity contribution is -0.143. The van der Waals surface area contributed by atoms with Crippen LogP contribution in [-0.4, -0.2) is 33.9 Å². The van der Waals surface area contributed by atoms with E-state index in [2.05, 4.69) is 5.32 Å². The second-order valence-corrected chi connectivity index (χ2v) is 4.92. The summed E-state index contributed by atoms with van der Waals surface area (Å²) in [6.45, 7) is 4.93. The maximum absolute atomic E-state index is 11.5. The molecule has 106 valence electrons. The number of hydrogen-bond donors (Lipinski definition) is 3. The molecule has 3 N–H and O–H groups in total. The van der Waals surface area contributed by atoms with Crippen LogP contribution >= 0.6 is 0 Å². The summed E-state index contributed by atoms with van der Waals surface area (Å²) in [4.78, 5) is 22.6. The van der Waals surface area contributed by atoms with Crippen LogP contribution in [0.3, 0.4) is 0 Å². The summed E-state index contributed by atoms with van der Waals surface area (Å²) in [5.41, 5.74) is -0.761. The molecule has 2 atom stereocenters. The van der Waals surface area contributed by atoms with Gasteiger partial charge in [0.2, 0.25) is 0 Å². The van der Waals surface area contributed by atoms with Gasteiger partial charge in [-0.1, -0.05) is 0 Å². The Kier molecular flexibility index (Phi) is 4.55. The van der Waals surface area contributed by atoms with Crippen molar-refractivity contribution in [1.82, 2.24) is 5.32 Å². The van der Waals surface area contributed by atoms with Gasteiger partial charge in [0.05, 0.1) is 6.26 Å². The number of furan rings is 1. The van der Waals surface area contributed by atoms with E-state index in [0.29, 0.717) is 0 Å². The van der Waals surface area contributed by atoms with Gasteiger partial charge in [0.15, 0.2) is 6.04 Å². The standard InChI is InChI=1S/C12H17NO6/c1-12(2,3)19-11(17)13-8(10(15)16)9(14)7-5-4-6-18-7/h4-6,8-9,14H,1-3H3,(H,13,17)(H,15,16). The van der Waals surface area contributed by atoms with Crippen LogP contribution < -0.4 is 5.32 Å². The maximum Gasteiger partial charge on any atom is 0.408 e. The van der Waals surface area contributed by atoms with Gasteiger partial charge < -0.3 is 24.7 Å². The number of carbonyl (C=O) groups is 2. The molecule has 2 unspecified atom stereocenters. The summed E-state index contributed by atoms with van der Waals surface area (Å²) < 4.78 is 9.83. The number of alkyl carbamates (subject to hydrolysis) is 1. The van der Waals surface area contributed by atoms with Crippen molar-refractivity contribution in [3.63, 3.8) is 0 Å². The van der Waals surface area contributed by atoms with Gasteiger partial charge in [-0.2, -0.15) is 0 Å². The molecule has 1 rings (SSSR count). The number of carboxylic acids is 1. The molecule has 0 spiro atoms. The fraction of sp³-hybridized carbons (Fsp3) is 0.500. The van der Waals surface area contributed by atoms with Crippen molar-refractivity contribution in [1.29, 1.82) is 0 Å². The number of rotatable bonds is 4. The number of amides is 1. The lowest BCUT2D eigenvalue weighted by atomic mass is 10.1. The smallest absolute Gasteiger partial charge is 0.408 e. The van der Waals surface area contributed by atoms with E-state index in [-0.39, 0.29) is 5.76 Å². The summed E-state index contributed by atoms with van der Waals surface area (Å²) in [5.74, 6) is -1.35. The van der Waals surface area contributed by atoms with Crippen LogP contribution in [0, 0.1) is 0 Å². The van der Waals surface area contributed by atoms with Gasteiger partial charge >= 0.3 is 12.1 Å². The van der Waals surface area contributed by atoms with Crippen LogP contribution in [0.2, 0.25) is 0 Å². The van der Waals surface area contributed by atoms with Gasteiger partial charge in [-0.05, 0) is 32.9 Å². The van der Waals surface area contributed by atoms with Gasteiger partial charge in [-0.3, -0.25) is 0 Å². The van der Waals surface area contributed by atoms with Gasteiger partial charge in [-0.15, -0.1) is 0 Å². The first-order valence-corrected chi connectivity index (χ1v) is 5.64. The van der Waals surface area contributed by atoms with E-state index >= 15 is 0 Å². The van der Waals surface area contributed by atoms with Gasteiger partial charge in [-0.25, -0.2) is 9.59 Å². The summed E-state index contributed by atoms with van der Waals surface area (Å²) in [7, 11) is 0. The van der Waals surface area contributed by atoms with E-state index in [4.69, 9.17) is 14.3 Å². The second-order valence-electron chi connectivity index (χ2n) is 4.92. The molecule has 0 saturated carbocycles. The van der Waals surface area contributed by atoms with Crippen LogP contribution in [0.15, 0.2) is 22.8 Å². The predicted molar refractivity (Wildman–Crippen MR) is 64.5 cm³/mol. The summed E-state index contributed by atoms with van der Waals surface area (Å²) in [5, 5.41) is 21.0. The van der Waals surface area contributed by atoms with Crippen molar-refractivity contribution < 1.29 is 29.0 Å². The van der Waals surface area contributed by atoms with Crippen molar-refractivity contribution in [3.8, 4) is 0 Å². The average molecular weight is 271 g/mol. The largest absolute Gasteiger partial charge is 0.480 e. The number of ether oxygens (including phenoxy) is 1. The fourth-order valence-corrected chi connectivity index (χ4v) is 1.33. The minimum absolute atomic E-state index is 0.0449. The summed E-state index contributed by atoms with van der Waals surface area (Å²) in [6.07, 6.45) is -1.13. The normalized spacial score (nSPS) is 14.5. The third-order valence-corrected chi connectivity index (χ3v) is 2.09. The van der Waals surface area contributed by atoms with E-state index in [9.17, 15) is 14.7 Å². The van der Waals surface area contributed by atoms with Crippen LogP contribution in [-0.2, 0) is 9.53 Å². The van der Waals surface area contributed by atoms with Crippen molar-refractivity contribution in [2.75, 3.05) is 0 Å². The number of carbonyl (C=O) groups excluding carboxylic acids is 1. The number of hydrogen-bond acceptors (Lipinski definition) is 5. The molecule has 0 fully saturated rings. The Morgan fingerprint density at radius 1 is 1.42 bits per heavy atom. The minimum Gasteiger partial charge on any atom is -0.480 e. The molecular weight excluding hydrogens is 254 g/mol. The van der Waals surface area contributed by atoms with E-state index < -0.39 is 29.8 Å². The van der Waals surface area contributed by atoms with E-state index in [1.807, 2.05) is 0 Å². The van der Waals surface area contributed by atoms with Crippen LogP contribution in [0.1, 0.15) is 32.6 Å². The molecule has 7 nitrogen and oxygen atoms in total. The Bertz CT molecular complexity index is 434. The lowest BCUT2D eigenvalue weighted by Crippen LogP contribution is -2.46. The van der Waals surface area contributed by atoms with E-state index in [1.54, 1.807) is 20.8 Å². The molecule has 0 aromatic carbocycles. The number of nitrogens with one attached hydrogen (secondary N) is 1. The molecule has 1 aromatic heterocycles. The molecule has 0 aliphatic heterocycles. The molecule has 1 amide bonds. The molecule has 0 saturated heterocycles. The van der Waals surface area contributed by atoms with E-state index in [0.717, 1.165) is 0 Å². The first kappa shape index (κ1) is 15.0. The highest BCUT2D eigenvalue weighted by molar-refractivity contribution is 5.80. The molecule has 0 bridgehead atoms. The average Bonchev–Trinajstić information content (AvgIpc) is 2.75. The van der Waals surface area contributed by atoms with E-state index in [1.165, 1.54) is 18.4 Å². The number of aliphatic carboxylic acids is 1. The minimum atomic E-state index is -1.55. The Morgan fingerprint density at radius 2 is 2.05 bits per heavy atom. The SMILES string of the molecule is CC(C)(C)OC(=O)NC(C(=O)O)C(O)c1ccco1. The number of aliphatic hydroxyl groups is 1. The Balaban J connectivity index is 2.74. The van der Waals surface area contributed by atoms with Crippen LogP contribution in [0.25, 0.3) is 0 Å². The zero-order valence-electron chi connectivity index (χ0n) is 10.9. The molecule has 19 heavy (non-hydrogen) atoms. The van der Waals surface area contributed by atoms with Gasteiger partial charge in [0, 0.05) is 0 Å². The Hall–Kier alpha value is -2.02. The first-order chi connectivity index (χ1) is 8.70. The zero-order valence-corrected chi connectivity index (χ0v) is 10.9. The van der Waals surface area contributed by atoms with Gasteiger partial charge in [0.25, 0.3) is 0 Å². The quantitative estimate of drug-likeness (QED) is 0.761. The summed E-state index contributed by atoms with van der Waals surface area (Å²) in [6, 6.07) is 1.36. The predicted octanol–water partition coefficient (Wildman–Crippen LogP) is 1.29. The fourth-order valence-electron chi connectivity index (χ4n) is 1.33. The molecular formula is C12H17NO6. The van der Waals surface area contributed by atoms with Crippen molar-refractivity contribution >= 4 is 12.1 Å². The zero-order chi connectivity index (χ0) is 14.6. The highest BCUT2D eigenvalue weighted by atomic mass is 16.6. The third-order valence-electron chi connectivity index (χ3n) is 2.09. The Morgan fingerprint density at radius 3 is 2.47 bits per heavy atom. The molecule has 0 radical (unpaired) electrons. The molecule has 1 heterocycles. The maximum atomic E-state index is 11.5. The highest BCUT2D eigenvalue weighted by Crippen LogP contribution is 2.18. The van der Waals surface area contributed by atoms with Crippen LogP contribution in [0.5, 0.6) is 0 Å². The molecule has 7 heteroatoms. The van der Waals surface area contributed by atoms with Crippen LogP contribution in [0.4, 0.5) is 4.79 Å². The topological polar surface area (TPSA) is 109 Å². The second kappa shape index (κ2) is 5.75. The molecule has 0 aliphatic carbocycles. The first-order valence-electron chi connectivity index (χ1n) is 5.64. The van der Waals surface area contributed by atoms with Crippen molar-refractivity contribution in [2.45, 2.75) is 38.5 Å². The van der Waals surface area contributed by atoms with Gasteiger partial charge in [0.1, 0.15) is 17.5 Å². The highest BCUT2D eigenvalue weighted by Gasteiger charge is 2.32. The Labute approximate surface area is 110 Å². The molecule has 0 aliphatic rings. The number of aliphatic hydroxyl groups excluding tert-OH is 1.